The Bertz CT molecular complexity index is 370. The lowest BCUT2D eigenvalue weighted by molar-refractivity contribution is -0.307. The molecule has 0 radical (unpaired) electrons. The zero-order chi connectivity index (χ0) is 11.4. The van der Waals surface area contributed by atoms with E-state index in [4.69, 9.17) is 0 Å². The van der Waals surface area contributed by atoms with Crippen LogP contribution < -0.4 is 10.4 Å². The van der Waals surface area contributed by atoms with Crippen LogP contribution >= 0.6 is 0 Å². The molecular formula is C11H12NO3-. The summed E-state index contributed by atoms with van der Waals surface area (Å²) in [6.45, 7) is 3.27. The number of carboxylic acids is 1. The van der Waals surface area contributed by atoms with Gasteiger partial charge in [0.1, 0.15) is 0 Å². The molecule has 0 aliphatic carbocycles. The Kier molecular flexibility index (Phi) is 3.44. The second-order valence-electron chi connectivity index (χ2n) is 3.38. The van der Waals surface area contributed by atoms with Crippen molar-refractivity contribution in [3.63, 3.8) is 0 Å². The minimum absolute atomic E-state index is 0.410. The molecule has 0 aromatic heterocycles. The van der Waals surface area contributed by atoms with E-state index in [9.17, 15) is 14.7 Å². The van der Waals surface area contributed by atoms with Gasteiger partial charge in [-0.3, -0.25) is 4.79 Å². The fraction of sp³-hybridized carbons (Fsp3) is 0.273. The lowest BCUT2D eigenvalue weighted by Crippen LogP contribution is -2.45. The molecule has 0 fully saturated rings. The fourth-order valence-corrected chi connectivity index (χ4v) is 1.04. The van der Waals surface area contributed by atoms with Crippen LogP contribution in [0.5, 0.6) is 0 Å². The van der Waals surface area contributed by atoms with Crippen LogP contribution in [0.4, 0.5) is 0 Å². The number of benzene rings is 1. The summed E-state index contributed by atoms with van der Waals surface area (Å²) < 4.78 is 0. The van der Waals surface area contributed by atoms with Crippen molar-refractivity contribution in [1.29, 1.82) is 0 Å². The number of aliphatic carboxylic acids is 1. The number of nitrogens with one attached hydrogen (secondary N) is 1. The topological polar surface area (TPSA) is 69.2 Å². The van der Waals surface area contributed by atoms with Crippen molar-refractivity contribution in [1.82, 2.24) is 5.32 Å². The van der Waals surface area contributed by atoms with Gasteiger partial charge in [0.25, 0.3) is 5.91 Å². The second-order valence-corrected chi connectivity index (χ2v) is 3.38. The molecule has 1 aromatic carbocycles. The van der Waals surface area contributed by atoms with Gasteiger partial charge >= 0.3 is 0 Å². The van der Waals surface area contributed by atoms with Gasteiger partial charge in [0.2, 0.25) is 0 Å². The monoisotopic (exact) mass is 206 g/mol. The van der Waals surface area contributed by atoms with Gasteiger partial charge in [-0.25, -0.2) is 0 Å². The van der Waals surface area contributed by atoms with Gasteiger partial charge in [-0.05, 0) is 26.0 Å². The molecule has 0 bridgehead atoms. The largest absolute Gasteiger partial charge is 0.548 e. The van der Waals surface area contributed by atoms with Crippen LogP contribution in [0.25, 0.3) is 0 Å². The first-order chi connectivity index (χ1) is 7.00. The average molecular weight is 206 g/mol. The maximum Gasteiger partial charge on any atom is 0.251 e. The molecule has 4 heteroatoms. The SMILES string of the molecule is Cc1ccc(C(=O)NC(C)C(=O)[O-])cc1. The Morgan fingerprint density at radius 3 is 2.27 bits per heavy atom. The number of carbonyl (C=O) groups excluding carboxylic acids is 2. The standard InChI is InChI=1S/C11H13NO3/c1-7-3-5-9(6-4-7)10(13)12-8(2)11(14)15/h3-6,8H,1-2H3,(H,12,13)(H,14,15)/p-1. The van der Waals surface area contributed by atoms with Gasteiger partial charge < -0.3 is 15.2 Å². The van der Waals surface area contributed by atoms with Gasteiger partial charge in [0.15, 0.2) is 0 Å². The van der Waals surface area contributed by atoms with Gasteiger partial charge in [0, 0.05) is 5.56 Å². The number of hydrogen-bond donors (Lipinski definition) is 1. The predicted molar refractivity (Wildman–Crippen MR) is 53.1 cm³/mol. The highest BCUT2D eigenvalue weighted by molar-refractivity contribution is 5.96. The molecule has 0 aliphatic heterocycles. The minimum atomic E-state index is -1.30. The van der Waals surface area contributed by atoms with E-state index in [2.05, 4.69) is 5.32 Å². The molecule has 0 heterocycles. The van der Waals surface area contributed by atoms with Gasteiger partial charge in [-0.15, -0.1) is 0 Å². The highest BCUT2D eigenvalue weighted by Gasteiger charge is 2.09. The summed E-state index contributed by atoms with van der Waals surface area (Å²) in [5.74, 6) is -1.71. The van der Waals surface area contributed by atoms with E-state index in [-0.39, 0.29) is 0 Å². The van der Waals surface area contributed by atoms with Gasteiger partial charge in [0.05, 0.1) is 12.0 Å². The minimum Gasteiger partial charge on any atom is -0.548 e. The van der Waals surface area contributed by atoms with E-state index < -0.39 is 17.9 Å². The summed E-state index contributed by atoms with van der Waals surface area (Å²) >= 11 is 0. The molecule has 1 aromatic rings. The molecule has 1 N–H and O–H groups in total. The Morgan fingerprint density at radius 1 is 1.27 bits per heavy atom. The summed E-state index contributed by atoms with van der Waals surface area (Å²) in [6, 6.07) is 5.88. The lowest BCUT2D eigenvalue weighted by atomic mass is 10.1. The fourth-order valence-electron chi connectivity index (χ4n) is 1.04. The molecule has 1 rings (SSSR count). The Morgan fingerprint density at radius 2 is 1.80 bits per heavy atom. The predicted octanol–water partition coefficient (Wildman–Crippen LogP) is -0.137. The molecule has 15 heavy (non-hydrogen) atoms. The average Bonchev–Trinajstić information content (AvgIpc) is 2.18. The summed E-state index contributed by atoms with van der Waals surface area (Å²) in [5.41, 5.74) is 1.48. The maximum absolute atomic E-state index is 11.5. The van der Waals surface area contributed by atoms with Crippen LogP contribution in [0.1, 0.15) is 22.8 Å². The Labute approximate surface area is 87.9 Å². The molecule has 1 atom stereocenters. The normalized spacial score (nSPS) is 11.9. The van der Waals surface area contributed by atoms with Crippen molar-refractivity contribution in [3.05, 3.63) is 35.4 Å². The molecule has 0 spiro atoms. The van der Waals surface area contributed by atoms with E-state index >= 15 is 0 Å². The van der Waals surface area contributed by atoms with Crippen LogP contribution in [-0.4, -0.2) is 17.9 Å². The van der Waals surface area contributed by atoms with Crippen molar-refractivity contribution in [2.75, 3.05) is 0 Å². The molecular weight excluding hydrogens is 194 g/mol. The summed E-state index contributed by atoms with van der Waals surface area (Å²) in [7, 11) is 0. The molecule has 1 unspecified atom stereocenters. The number of rotatable bonds is 3. The first-order valence-electron chi connectivity index (χ1n) is 4.59. The van der Waals surface area contributed by atoms with Crippen molar-refractivity contribution in [3.8, 4) is 0 Å². The van der Waals surface area contributed by atoms with Crippen LogP contribution in [0.15, 0.2) is 24.3 Å². The van der Waals surface area contributed by atoms with Crippen LogP contribution in [0.2, 0.25) is 0 Å². The first kappa shape index (κ1) is 11.2. The quantitative estimate of drug-likeness (QED) is 0.748. The Balaban J connectivity index is 2.69. The van der Waals surface area contributed by atoms with Crippen molar-refractivity contribution >= 4 is 11.9 Å². The zero-order valence-corrected chi connectivity index (χ0v) is 8.61. The summed E-state index contributed by atoms with van der Waals surface area (Å²) in [6.07, 6.45) is 0. The molecule has 0 saturated heterocycles. The van der Waals surface area contributed by atoms with Crippen LogP contribution in [0, 0.1) is 6.92 Å². The molecule has 0 aliphatic rings. The number of carbonyl (C=O) groups is 2. The smallest absolute Gasteiger partial charge is 0.251 e. The summed E-state index contributed by atoms with van der Waals surface area (Å²) in [4.78, 5) is 21.9. The molecule has 0 saturated carbocycles. The number of carboxylic acid groups (broad SMARTS) is 1. The van der Waals surface area contributed by atoms with E-state index in [0.29, 0.717) is 5.56 Å². The van der Waals surface area contributed by atoms with Gasteiger partial charge in [-0.2, -0.15) is 0 Å². The zero-order valence-electron chi connectivity index (χ0n) is 8.61. The highest BCUT2D eigenvalue weighted by atomic mass is 16.4. The molecule has 1 amide bonds. The van der Waals surface area contributed by atoms with Crippen LogP contribution in [-0.2, 0) is 4.79 Å². The number of amides is 1. The number of aryl methyl sites for hydroxylation is 1. The Hall–Kier alpha value is -1.84. The van der Waals surface area contributed by atoms with E-state index in [1.165, 1.54) is 6.92 Å². The van der Waals surface area contributed by atoms with Crippen LogP contribution in [0.3, 0.4) is 0 Å². The van der Waals surface area contributed by atoms with Gasteiger partial charge in [-0.1, -0.05) is 17.7 Å². The van der Waals surface area contributed by atoms with E-state index in [0.717, 1.165) is 5.56 Å². The third kappa shape index (κ3) is 3.09. The highest BCUT2D eigenvalue weighted by Crippen LogP contribution is 2.02. The molecule has 80 valence electrons. The van der Waals surface area contributed by atoms with E-state index in [1.54, 1.807) is 24.3 Å². The molecule has 4 nitrogen and oxygen atoms in total. The van der Waals surface area contributed by atoms with Crippen molar-refractivity contribution < 1.29 is 14.7 Å². The third-order valence-corrected chi connectivity index (χ3v) is 2.01. The van der Waals surface area contributed by atoms with Crippen molar-refractivity contribution in [2.45, 2.75) is 19.9 Å². The number of hydrogen-bond acceptors (Lipinski definition) is 3. The van der Waals surface area contributed by atoms with E-state index in [1.807, 2.05) is 6.92 Å². The lowest BCUT2D eigenvalue weighted by Gasteiger charge is -2.14. The maximum atomic E-state index is 11.5. The first-order valence-corrected chi connectivity index (χ1v) is 4.59. The second kappa shape index (κ2) is 4.59. The van der Waals surface area contributed by atoms with Crippen molar-refractivity contribution in [2.24, 2.45) is 0 Å². The third-order valence-electron chi connectivity index (χ3n) is 2.01. The summed E-state index contributed by atoms with van der Waals surface area (Å²) in [5, 5.41) is 12.7.